The van der Waals surface area contributed by atoms with Crippen LogP contribution < -0.4 is 0 Å². The van der Waals surface area contributed by atoms with Gasteiger partial charge in [-0.3, -0.25) is 0 Å². The molecule has 0 heterocycles. The Labute approximate surface area is 123 Å². The molecule has 114 valence electrons. The van der Waals surface area contributed by atoms with E-state index in [1.807, 2.05) is 6.92 Å². The summed E-state index contributed by atoms with van der Waals surface area (Å²) in [4.78, 5) is 11.2. The van der Waals surface area contributed by atoms with Crippen LogP contribution in [0.15, 0.2) is 43.5 Å². The zero-order chi connectivity index (χ0) is 16.1. The third-order valence-electron chi connectivity index (χ3n) is 1.91. The van der Waals surface area contributed by atoms with Crippen molar-refractivity contribution >= 4 is 22.0 Å². The molecule has 21 heavy (non-hydrogen) atoms. The minimum absolute atomic E-state index is 0.344. The Morgan fingerprint density at radius 2 is 1.67 bits per heavy atom. The van der Waals surface area contributed by atoms with E-state index in [9.17, 15) is 13.2 Å². The molecule has 0 unspecified atom stereocenters. The average molecular weight is 312 g/mol. The molecule has 0 fully saturated rings. The van der Waals surface area contributed by atoms with Crippen LogP contribution in [0.1, 0.15) is 26.3 Å². The summed E-state index contributed by atoms with van der Waals surface area (Å²) in [5, 5.41) is 6.43. The van der Waals surface area contributed by atoms with Crippen molar-refractivity contribution in [1.29, 1.82) is 0 Å². The topological polar surface area (TPSA) is 110 Å². The number of amides is 1. The maximum Gasteiger partial charge on any atom is 0.453 e. The third-order valence-corrected chi connectivity index (χ3v) is 2.49. The van der Waals surface area contributed by atoms with Crippen LogP contribution >= 0.6 is 0 Å². The second-order valence-corrected chi connectivity index (χ2v) is 6.35. The molecule has 0 aromatic heterocycles. The van der Waals surface area contributed by atoms with Crippen LogP contribution in [0.4, 0.5) is 10.5 Å². The Morgan fingerprint density at radius 3 is 2.19 bits per heavy atom. The first-order valence-corrected chi connectivity index (χ1v) is 7.38. The molecule has 0 saturated carbocycles. The van der Waals surface area contributed by atoms with Crippen LogP contribution in [-0.2, 0) is 14.9 Å². The molecule has 0 aliphatic rings. The summed E-state index contributed by atoms with van der Waals surface area (Å²) in [6.07, 6.45) is -1.11. The van der Waals surface area contributed by atoms with Crippen LogP contribution in [0.5, 0.6) is 0 Å². The molecule has 0 spiro atoms. The first-order valence-electron chi connectivity index (χ1n) is 5.98. The van der Waals surface area contributed by atoms with E-state index in [1.54, 1.807) is 45.0 Å². The Balaban J connectivity index is 2.73. The van der Waals surface area contributed by atoms with E-state index in [0.717, 1.165) is 5.56 Å². The van der Waals surface area contributed by atoms with Crippen molar-refractivity contribution < 1.29 is 17.9 Å². The molecule has 0 aliphatic heterocycles. The van der Waals surface area contributed by atoms with E-state index in [1.165, 1.54) is 0 Å². The summed E-state index contributed by atoms with van der Waals surface area (Å²) in [6, 6.07) is 6.70. The number of nitrogens with zero attached hydrogens (tertiary/aromatic N) is 4. The number of benzene rings is 1. The molecular weight excluding hydrogens is 296 g/mol. The molecule has 1 rings (SSSR count). The molecule has 0 bridgehead atoms. The fraction of sp³-hybridized carbons (Fsp3) is 0.417. The largest absolute Gasteiger partial charge is 0.453 e. The zero-order valence-corrected chi connectivity index (χ0v) is 13.0. The molecule has 1 aromatic carbocycles. The fourth-order valence-electron chi connectivity index (χ4n) is 1.09. The maximum absolute atomic E-state index is 11.4. The van der Waals surface area contributed by atoms with Crippen LogP contribution in [0.3, 0.4) is 0 Å². The van der Waals surface area contributed by atoms with Gasteiger partial charge in [0, 0.05) is 0 Å². The minimum Gasteiger partial charge on any atom is -0.441 e. The highest BCUT2D eigenvalue weighted by molar-refractivity contribution is 7.88. The van der Waals surface area contributed by atoms with Crippen molar-refractivity contribution in [2.75, 3.05) is 0 Å². The van der Waals surface area contributed by atoms with E-state index in [-0.39, 0.29) is 0 Å². The summed E-state index contributed by atoms with van der Waals surface area (Å²) < 4.78 is 33.5. The quantitative estimate of drug-likeness (QED) is 0.792. The van der Waals surface area contributed by atoms with Gasteiger partial charge in [0.05, 0.1) is 5.69 Å². The number of aryl methyl sites for hydroxylation is 1. The number of carbonyl (C=O) groups is 1. The van der Waals surface area contributed by atoms with Gasteiger partial charge in [0.2, 0.25) is 0 Å². The summed E-state index contributed by atoms with van der Waals surface area (Å²) in [6.45, 7) is 6.73. The van der Waals surface area contributed by atoms with Gasteiger partial charge in [-0.2, -0.15) is 8.42 Å². The van der Waals surface area contributed by atoms with Gasteiger partial charge in [-0.25, -0.2) is 4.79 Å². The lowest BCUT2D eigenvalue weighted by Crippen LogP contribution is -2.21. The number of carbonyl (C=O) groups excluding carboxylic acids is 1. The van der Waals surface area contributed by atoms with Crippen LogP contribution in [0, 0.1) is 6.92 Å². The van der Waals surface area contributed by atoms with Gasteiger partial charge in [0.15, 0.2) is 0 Å². The highest BCUT2D eigenvalue weighted by Gasteiger charge is 2.16. The first kappa shape index (κ1) is 16.9. The molecule has 1 amide bonds. The summed E-state index contributed by atoms with van der Waals surface area (Å²) >= 11 is 0. The number of rotatable bonds is 3. The van der Waals surface area contributed by atoms with Crippen molar-refractivity contribution in [1.82, 2.24) is 0 Å². The second kappa shape index (κ2) is 6.53. The van der Waals surface area contributed by atoms with Crippen molar-refractivity contribution in [3.05, 3.63) is 29.8 Å². The van der Waals surface area contributed by atoms with E-state index in [0.29, 0.717) is 5.69 Å². The zero-order valence-electron chi connectivity index (χ0n) is 12.1. The Morgan fingerprint density at radius 1 is 1.10 bits per heavy atom. The van der Waals surface area contributed by atoms with Gasteiger partial charge in [0.1, 0.15) is 5.60 Å². The monoisotopic (exact) mass is 312 g/mol. The molecular formula is C12H16N4O4S. The number of hydrogen-bond acceptors (Lipinski definition) is 5. The van der Waals surface area contributed by atoms with Crippen LogP contribution in [-0.4, -0.2) is 20.1 Å². The van der Waals surface area contributed by atoms with E-state index >= 15 is 0 Å². The standard InChI is InChI=1S/C12H16N4O4S/c1-9-5-7-10(8-6-9)13-15-21(18,19)16-14-11(17)20-12(2,3)4/h5-8H,1-4H3. The molecule has 0 aliphatic carbocycles. The lowest BCUT2D eigenvalue weighted by molar-refractivity contribution is 0.0593. The molecule has 1 aromatic rings. The molecule has 0 atom stereocenters. The lowest BCUT2D eigenvalue weighted by atomic mass is 10.2. The van der Waals surface area contributed by atoms with Gasteiger partial charge in [0.25, 0.3) is 0 Å². The molecule has 0 radical (unpaired) electrons. The third kappa shape index (κ3) is 7.25. The van der Waals surface area contributed by atoms with Crippen LogP contribution in [0.25, 0.3) is 0 Å². The van der Waals surface area contributed by atoms with E-state index in [4.69, 9.17) is 4.74 Å². The van der Waals surface area contributed by atoms with Crippen molar-refractivity contribution in [2.45, 2.75) is 33.3 Å². The van der Waals surface area contributed by atoms with Gasteiger partial charge >= 0.3 is 16.3 Å². The summed E-state index contributed by atoms with van der Waals surface area (Å²) in [7, 11) is -4.32. The summed E-state index contributed by atoms with van der Waals surface area (Å²) in [5.74, 6) is 0. The Kier molecular flexibility index (Phi) is 5.25. The van der Waals surface area contributed by atoms with Crippen molar-refractivity contribution in [3.8, 4) is 0 Å². The van der Waals surface area contributed by atoms with Gasteiger partial charge in [-0.15, -0.1) is 5.11 Å². The highest BCUT2D eigenvalue weighted by atomic mass is 32.2. The van der Waals surface area contributed by atoms with Crippen molar-refractivity contribution in [3.63, 3.8) is 0 Å². The molecule has 8 nitrogen and oxygen atoms in total. The van der Waals surface area contributed by atoms with Crippen molar-refractivity contribution in [2.24, 2.45) is 19.3 Å². The SMILES string of the molecule is Cc1ccc(N=NS(=O)(=O)N=NC(=O)OC(C)(C)C)cc1. The smallest absolute Gasteiger partial charge is 0.441 e. The molecule has 0 saturated heterocycles. The average Bonchev–Trinajstić information content (AvgIpc) is 2.34. The second-order valence-electron chi connectivity index (χ2n) is 5.13. The normalized spacial score (nSPS) is 13.0. The van der Waals surface area contributed by atoms with Gasteiger partial charge < -0.3 is 4.74 Å². The Hall–Kier alpha value is -2.16. The molecule has 9 heteroatoms. The maximum atomic E-state index is 11.4. The first-order chi connectivity index (χ1) is 9.57. The van der Waals surface area contributed by atoms with Gasteiger partial charge in [-0.05, 0) is 48.9 Å². The Bertz CT molecular complexity index is 657. The van der Waals surface area contributed by atoms with Crippen LogP contribution in [0.2, 0.25) is 0 Å². The lowest BCUT2D eigenvalue weighted by Gasteiger charge is -2.16. The number of hydrogen-bond donors (Lipinski definition) is 0. The predicted octanol–water partition coefficient (Wildman–Crippen LogP) is 3.71. The van der Waals surface area contributed by atoms with E-state index < -0.39 is 21.9 Å². The van der Waals surface area contributed by atoms with Gasteiger partial charge in [-0.1, -0.05) is 22.8 Å². The minimum atomic E-state index is -4.32. The highest BCUT2D eigenvalue weighted by Crippen LogP contribution is 2.14. The fourth-order valence-corrected chi connectivity index (χ4v) is 1.49. The van der Waals surface area contributed by atoms with E-state index in [2.05, 4.69) is 19.3 Å². The number of ether oxygens (including phenoxy) is 1. The molecule has 0 N–H and O–H groups in total. The predicted molar refractivity (Wildman–Crippen MR) is 75.7 cm³/mol. The summed E-state index contributed by atoms with van der Waals surface area (Å²) in [5.41, 5.74) is 0.557.